The molecule has 1 heterocycles. The molecule has 120 valence electrons. The second-order valence-corrected chi connectivity index (χ2v) is 6.10. The molecule has 1 aromatic rings. The van der Waals surface area contributed by atoms with Gasteiger partial charge in [0.25, 0.3) is 0 Å². The zero-order valence-electron chi connectivity index (χ0n) is 13.3. The summed E-state index contributed by atoms with van der Waals surface area (Å²) in [7, 11) is 1.63. The monoisotopic (exact) mass is 304 g/mol. The third-order valence-electron chi connectivity index (χ3n) is 4.56. The van der Waals surface area contributed by atoms with Crippen LogP contribution < -0.4 is 15.0 Å². The van der Waals surface area contributed by atoms with Crippen molar-refractivity contribution in [3.05, 3.63) is 18.2 Å². The maximum absolute atomic E-state index is 12.3. The Balaban J connectivity index is 1.76. The molecular formula is C17H24N2O3. The van der Waals surface area contributed by atoms with Crippen molar-refractivity contribution in [3.8, 4) is 5.75 Å². The molecule has 0 radical (unpaired) electrons. The number of methoxy groups -OCH3 is 1. The summed E-state index contributed by atoms with van der Waals surface area (Å²) in [5.74, 6) is 1.40. The molecule has 1 saturated carbocycles. The van der Waals surface area contributed by atoms with Gasteiger partial charge in [-0.05, 0) is 37.0 Å². The number of benzene rings is 1. The molecule has 0 aromatic heterocycles. The second-order valence-electron chi connectivity index (χ2n) is 6.10. The van der Waals surface area contributed by atoms with E-state index in [1.165, 1.54) is 12.8 Å². The number of amides is 1. The molecule has 1 aliphatic heterocycles. The molecular weight excluding hydrogens is 280 g/mol. The maximum Gasteiger partial charge on any atom is 0.227 e. The normalized spacial score (nSPS) is 19.6. The highest BCUT2D eigenvalue weighted by Gasteiger charge is 2.32. The highest BCUT2D eigenvalue weighted by molar-refractivity contribution is 5.94. The van der Waals surface area contributed by atoms with Gasteiger partial charge in [-0.3, -0.25) is 4.79 Å². The Labute approximate surface area is 131 Å². The van der Waals surface area contributed by atoms with Crippen molar-refractivity contribution >= 4 is 17.3 Å². The molecule has 1 aromatic carbocycles. The summed E-state index contributed by atoms with van der Waals surface area (Å²) in [5, 5.41) is 3.04. The van der Waals surface area contributed by atoms with Gasteiger partial charge in [-0.1, -0.05) is 6.92 Å². The van der Waals surface area contributed by atoms with Gasteiger partial charge in [-0.25, -0.2) is 0 Å². The van der Waals surface area contributed by atoms with E-state index in [-0.39, 0.29) is 11.8 Å². The van der Waals surface area contributed by atoms with Crippen LogP contribution in [0.1, 0.15) is 19.8 Å². The van der Waals surface area contributed by atoms with Crippen molar-refractivity contribution in [1.29, 1.82) is 0 Å². The van der Waals surface area contributed by atoms with Crippen molar-refractivity contribution in [1.82, 2.24) is 0 Å². The average molecular weight is 304 g/mol. The Morgan fingerprint density at radius 2 is 2.09 bits per heavy atom. The molecule has 1 N–H and O–H groups in total. The van der Waals surface area contributed by atoms with Gasteiger partial charge in [0.15, 0.2) is 0 Å². The topological polar surface area (TPSA) is 50.8 Å². The van der Waals surface area contributed by atoms with Crippen LogP contribution in [0.3, 0.4) is 0 Å². The van der Waals surface area contributed by atoms with Gasteiger partial charge in [-0.2, -0.15) is 0 Å². The number of hydrogen-bond donors (Lipinski definition) is 1. The van der Waals surface area contributed by atoms with E-state index in [1.54, 1.807) is 7.11 Å². The number of morpholine rings is 1. The minimum absolute atomic E-state index is 0.0664. The fraction of sp³-hybridized carbons (Fsp3) is 0.588. The van der Waals surface area contributed by atoms with Crippen LogP contribution in [0.2, 0.25) is 0 Å². The van der Waals surface area contributed by atoms with Gasteiger partial charge in [-0.15, -0.1) is 0 Å². The van der Waals surface area contributed by atoms with E-state index in [0.717, 1.165) is 37.7 Å². The lowest BCUT2D eigenvalue weighted by Gasteiger charge is -2.29. The summed E-state index contributed by atoms with van der Waals surface area (Å²) in [6.45, 7) is 5.24. The average Bonchev–Trinajstić information content (AvgIpc) is 3.39. The number of anilines is 2. The smallest absolute Gasteiger partial charge is 0.227 e. The first-order valence-corrected chi connectivity index (χ1v) is 8.00. The quantitative estimate of drug-likeness (QED) is 0.908. The number of hydrogen-bond acceptors (Lipinski definition) is 4. The van der Waals surface area contributed by atoms with Crippen LogP contribution in [0.5, 0.6) is 5.75 Å². The summed E-state index contributed by atoms with van der Waals surface area (Å²) in [6.07, 6.45) is 2.33. The van der Waals surface area contributed by atoms with Crippen molar-refractivity contribution < 1.29 is 14.3 Å². The van der Waals surface area contributed by atoms with Crippen LogP contribution in [0.4, 0.5) is 11.4 Å². The number of nitrogens with zero attached hydrogens (tertiary/aromatic N) is 1. The molecule has 5 heteroatoms. The van der Waals surface area contributed by atoms with Gasteiger partial charge in [0, 0.05) is 24.7 Å². The first-order valence-electron chi connectivity index (χ1n) is 8.00. The number of carbonyl (C=O) groups is 1. The minimum atomic E-state index is 0.0664. The highest BCUT2D eigenvalue weighted by atomic mass is 16.5. The zero-order chi connectivity index (χ0) is 15.5. The molecule has 1 unspecified atom stereocenters. The van der Waals surface area contributed by atoms with Crippen molar-refractivity contribution in [2.45, 2.75) is 19.8 Å². The summed E-state index contributed by atoms with van der Waals surface area (Å²) < 4.78 is 10.8. The standard InChI is InChI=1S/C17H24N2O3/c1-12(13-3-4-13)17(20)18-15-11-14(5-6-16(15)21-2)19-7-9-22-10-8-19/h5-6,11-13H,3-4,7-10H2,1-2H3,(H,18,20). The van der Waals surface area contributed by atoms with Gasteiger partial charge >= 0.3 is 0 Å². The van der Waals surface area contributed by atoms with E-state index in [2.05, 4.69) is 10.2 Å². The molecule has 22 heavy (non-hydrogen) atoms. The fourth-order valence-corrected chi connectivity index (χ4v) is 2.87. The lowest BCUT2D eigenvalue weighted by Crippen LogP contribution is -2.36. The second kappa shape index (κ2) is 6.57. The molecule has 0 spiro atoms. The van der Waals surface area contributed by atoms with Crippen LogP contribution in [0.15, 0.2) is 18.2 Å². The largest absolute Gasteiger partial charge is 0.495 e. The van der Waals surface area contributed by atoms with Crippen molar-refractivity contribution in [2.24, 2.45) is 11.8 Å². The molecule has 1 amide bonds. The Morgan fingerprint density at radius 1 is 1.36 bits per heavy atom. The molecule has 1 atom stereocenters. The lowest BCUT2D eigenvalue weighted by molar-refractivity contribution is -0.119. The van der Waals surface area contributed by atoms with Crippen molar-refractivity contribution in [2.75, 3.05) is 43.6 Å². The highest BCUT2D eigenvalue weighted by Crippen LogP contribution is 2.38. The van der Waals surface area contributed by atoms with Gasteiger partial charge in [0.2, 0.25) is 5.91 Å². The minimum Gasteiger partial charge on any atom is -0.495 e. The molecule has 3 rings (SSSR count). The fourth-order valence-electron chi connectivity index (χ4n) is 2.87. The van der Waals surface area contributed by atoms with E-state index in [0.29, 0.717) is 11.7 Å². The van der Waals surface area contributed by atoms with Crippen LogP contribution in [-0.2, 0) is 9.53 Å². The number of carbonyl (C=O) groups excluding carboxylic acids is 1. The molecule has 0 bridgehead atoms. The number of rotatable bonds is 5. The predicted octanol–water partition coefficient (Wildman–Crippen LogP) is 2.52. The molecule has 2 aliphatic rings. The van der Waals surface area contributed by atoms with Crippen LogP contribution >= 0.6 is 0 Å². The van der Waals surface area contributed by atoms with Gasteiger partial charge in [0.05, 0.1) is 26.0 Å². The van der Waals surface area contributed by atoms with Gasteiger partial charge < -0.3 is 19.7 Å². The Bertz CT molecular complexity index is 537. The zero-order valence-corrected chi connectivity index (χ0v) is 13.3. The van der Waals surface area contributed by atoms with E-state index < -0.39 is 0 Å². The van der Waals surface area contributed by atoms with Crippen LogP contribution in [0, 0.1) is 11.8 Å². The summed E-state index contributed by atoms with van der Waals surface area (Å²) >= 11 is 0. The number of ether oxygens (including phenoxy) is 2. The summed E-state index contributed by atoms with van der Waals surface area (Å²) in [6, 6.07) is 5.95. The van der Waals surface area contributed by atoms with Gasteiger partial charge in [0.1, 0.15) is 5.75 Å². The molecule has 5 nitrogen and oxygen atoms in total. The van der Waals surface area contributed by atoms with E-state index in [9.17, 15) is 4.79 Å². The SMILES string of the molecule is COc1ccc(N2CCOCC2)cc1NC(=O)C(C)C1CC1. The molecule has 1 saturated heterocycles. The van der Waals surface area contributed by atoms with Crippen molar-refractivity contribution in [3.63, 3.8) is 0 Å². The Hall–Kier alpha value is -1.75. The first-order chi connectivity index (χ1) is 10.7. The van der Waals surface area contributed by atoms with E-state index >= 15 is 0 Å². The summed E-state index contributed by atoms with van der Waals surface area (Å²) in [4.78, 5) is 14.6. The summed E-state index contributed by atoms with van der Waals surface area (Å²) in [5.41, 5.74) is 1.85. The third-order valence-corrected chi connectivity index (χ3v) is 4.56. The van der Waals surface area contributed by atoms with E-state index in [4.69, 9.17) is 9.47 Å². The molecule has 1 aliphatic carbocycles. The van der Waals surface area contributed by atoms with E-state index in [1.807, 2.05) is 25.1 Å². The van der Waals surface area contributed by atoms with Crippen LogP contribution in [0.25, 0.3) is 0 Å². The number of nitrogens with one attached hydrogen (secondary N) is 1. The lowest BCUT2D eigenvalue weighted by atomic mass is 10.1. The first kappa shape index (κ1) is 15.2. The molecule has 2 fully saturated rings. The maximum atomic E-state index is 12.3. The Kier molecular flexibility index (Phi) is 4.52. The van der Waals surface area contributed by atoms with Crippen LogP contribution in [-0.4, -0.2) is 39.3 Å². The third kappa shape index (κ3) is 3.35. The Morgan fingerprint density at radius 3 is 2.73 bits per heavy atom. The predicted molar refractivity (Wildman–Crippen MR) is 86.5 cm³/mol.